The van der Waals surface area contributed by atoms with E-state index in [1.54, 1.807) is 12.4 Å². The Bertz CT molecular complexity index is 1200. The molecule has 0 aromatic carbocycles. The van der Waals surface area contributed by atoms with Gasteiger partial charge in [-0.25, -0.2) is 15.0 Å². The standard InChI is InChI=1S/C25H31F3N8/c1-34(2)12-13-36-15-20(18-5-9-29-21(14-18)25(26,27)28)33-23(36)17-6-10-35(11-7-17)24-19-4-3-8-30-22(19)31-16-32-24/h5,9,14-17H,3-4,6-8,10-13H2,1-2H3,(H,30,31,32). The van der Waals surface area contributed by atoms with Gasteiger partial charge < -0.3 is 19.7 Å². The molecule has 11 heteroatoms. The summed E-state index contributed by atoms with van der Waals surface area (Å²) in [6.45, 7) is 4.16. The number of hydrogen-bond donors (Lipinski definition) is 1. The molecule has 0 radical (unpaired) electrons. The Morgan fingerprint density at radius 3 is 2.69 bits per heavy atom. The quantitative estimate of drug-likeness (QED) is 0.547. The van der Waals surface area contributed by atoms with E-state index in [4.69, 9.17) is 4.98 Å². The fourth-order valence-corrected chi connectivity index (χ4v) is 5.01. The number of rotatable bonds is 6. The highest BCUT2D eigenvalue weighted by molar-refractivity contribution is 5.61. The predicted octanol–water partition coefficient (Wildman–Crippen LogP) is 4.06. The third-order valence-electron chi connectivity index (χ3n) is 6.92. The van der Waals surface area contributed by atoms with Gasteiger partial charge in [0.15, 0.2) is 0 Å². The number of pyridine rings is 1. The van der Waals surface area contributed by atoms with Crippen LogP contribution in [-0.4, -0.2) is 69.7 Å². The van der Waals surface area contributed by atoms with E-state index in [1.807, 2.05) is 20.3 Å². The SMILES string of the molecule is CN(C)CCn1cc(-c2ccnc(C(F)(F)F)c2)nc1C1CCN(c2ncnc3c2CCCN3)CC1. The van der Waals surface area contributed by atoms with E-state index in [0.717, 1.165) is 81.9 Å². The highest BCUT2D eigenvalue weighted by Gasteiger charge is 2.33. The lowest BCUT2D eigenvalue weighted by molar-refractivity contribution is -0.141. The molecule has 0 unspecified atom stereocenters. The first-order chi connectivity index (χ1) is 17.3. The van der Waals surface area contributed by atoms with Gasteiger partial charge >= 0.3 is 6.18 Å². The summed E-state index contributed by atoms with van der Waals surface area (Å²) in [5.41, 5.74) is 1.27. The van der Waals surface area contributed by atoms with Crippen LogP contribution in [0.4, 0.5) is 24.8 Å². The van der Waals surface area contributed by atoms with Crippen LogP contribution in [0.25, 0.3) is 11.3 Å². The van der Waals surface area contributed by atoms with E-state index < -0.39 is 11.9 Å². The summed E-state index contributed by atoms with van der Waals surface area (Å²) in [6.07, 6.45) is 4.06. The molecule has 0 amide bonds. The Morgan fingerprint density at radius 2 is 1.94 bits per heavy atom. The number of halogens is 3. The van der Waals surface area contributed by atoms with Crippen LogP contribution in [0.5, 0.6) is 0 Å². The predicted molar refractivity (Wildman–Crippen MR) is 132 cm³/mol. The maximum Gasteiger partial charge on any atom is 0.433 e. The van der Waals surface area contributed by atoms with Crippen molar-refractivity contribution >= 4 is 11.6 Å². The maximum atomic E-state index is 13.2. The molecule has 5 rings (SSSR count). The highest BCUT2D eigenvalue weighted by atomic mass is 19.4. The van der Waals surface area contributed by atoms with Gasteiger partial charge in [0, 0.05) is 62.2 Å². The van der Waals surface area contributed by atoms with Gasteiger partial charge in [-0.15, -0.1) is 0 Å². The van der Waals surface area contributed by atoms with Crippen molar-refractivity contribution in [3.05, 3.63) is 47.9 Å². The van der Waals surface area contributed by atoms with Crippen molar-refractivity contribution < 1.29 is 13.2 Å². The molecule has 36 heavy (non-hydrogen) atoms. The van der Waals surface area contributed by atoms with Gasteiger partial charge in [0.05, 0.1) is 5.69 Å². The molecule has 5 heterocycles. The number of anilines is 2. The number of nitrogens with one attached hydrogen (secondary N) is 1. The van der Waals surface area contributed by atoms with Crippen molar-refractivity contribution in [1.82, 2.24) is 29.4 Å². The summed E-state index contributed by atoms with van der Waals surface area (Å²) >= 11 is 0. The number of alkyl halides is 3. The van der Waals surface area contributed by atoms with E-state index >= 15 is 0 Å². The lowest BCUT2D eigenvalue weighted by Gasteiger charge is -2.34. The Labute approximate surface area is 208 Å². The molecule has 1 N–H and O–H groups in total. The minimum Gasteiger partial charge on any atom is -0.370 e. The molecular weight excluding hydrogens is 469 g/mol. The molecular formula is C25H31F3N8. The van der Waals surface area contributed by atoms with E-state index in [0.29, 0.717) is 11.3 Å². The van der Waals surface area contributed by atoms with Crippen molar-refractivity contribution in [2.24, 2.45) is 0 Å². The topological polar surface area (TPSA) is 75.0 Å². The molecule has 2 aliphatic rings. The molecule has 192 valence electrons. The van der Waals surface area contributed by atoms with Crippen LogP contribution in [0.15, 0.2) is 30.9 Å². The molecule has 2 aliphatic heterocycles. The second-order valence-corrected chi connectivity index (χ2v) is 9.72. The van der Waals surface area contributed by atoms with Gasteiger partial charge in [-0.1, -0.05) is 0 Å². The smallest absolute Gasteiger partial charge is 0.370 e. The zero-order valence-corrected chi connectivity index (χ0v) is 20.6. The van der Waals surface area contributed by atoms with Crippen molar-refractivity contribution in [1.29, 1.82) is 0 Å². The first-order valence-electron chi connectivity index (χ1n) is 12.4. The van der Waals surface area contributed by atoms with Crippen molar-refractivity contribution in [3.63, 3.8) is 0 Å². The summed E-state index contributed by atoms with van der Waals surface area (Å²) in [6, 6.07) is 2.67. The second-order valence-electron chi connectivity index (χ2n) is 9.72. The number of imidazole rings is 1. The van der Waals surface area contributed by atoms with Crippen molar-refractivity contribution in [2.75, 3.05) is 50.5 Å². The van der Waals surface area contributed by atoms with Crippen LogP contribution in [-0.2, 0) is 19.1 Å². The number of piperidine rings is 1. The number of fused-ring (bicyclic) bond motifs is 1. The van der Waals surface area contributed by atoms with Crippen molar-refractivity contribution in [2.45, 2.75) is 44.3 Å². The first-order valence-corrected chi connectivity index (χ1v) is 12.4. The van der Waals surface area contributed by atoms with Gasteiger partial charge in [-0.2, -0.15) is 13.2 Å². The Morgan fingerprint density at radius 1 is 1.14 bits per heavy atom. The van der Waals surface area contributed by atoms with E-state index in [2.05, 4.69) is 34.6 Å². The first kappa shape index (κ1) is 24.5. The van der Waals surface area contributed by atoms with E-state index in [-0.39, 0.29) is 5.92 Å². The molecule has 0 atom stereocenters. The van der Waals surface area contributed by atoms with Crippen LogP contribution < -0.4 is 10.2 Å². The zero-order chi connectivity index (χ0) is 25.3. The molecule has 0 aliphatic carbocycles. The molecule has 1 fully saturated rings. The van der Waals surface area contributed by atoms with E-state index in [9.17, 15) is 13.2 Å². The Hall–Kier alpha value is -3.21. The minimum atomic E-state index is -4.49. The number of likely N-dealkylation sites (N-methyl/N-ethyl adjacent to an activating group) is 1. The van der Waals surface area contributed by atoms with Gasteiger partial charge in [0.25, 0.3) is 0 Å². The summed E-state index contributed by atoms with van der Waals surface area (Å²) < 4.78 is 41.8. The van der Waals surface area contributed by atoms with Gasteiger partial charge in [-0.3, -0.25) is 4.98 Å². The van der Waals surface area contributed by atoms with E-state index in [1.165, 1.54) is 11.8 Å². The fourth-order valence-electron chi connectivity index (χ4n) is 5.01. The lowest BCUT2D eigenvalue weighted by Crippen LogP contribution is -2.35. The zero-order valence-electron chi connectivity index (χ0n) is 20.6. The summed E-state index contributed by atoms with van der Waals surface area (Å²) in [7, 11) is 4.01. The summed E-state index contributed by atoms with van der Waals surface area (Å²) in [5.74, 6) is 3.10. The molecule has 0 bridgehead atoms. The summed E-state index contributed by atoms with van der Waals surface area (Å²) in [5, 5.41) is 3.37. The van der Waals surface area contributed by atoms with Crippen LogP contribution in [0.2, 0.25) is 0 Å². The molecule has 3 aromatic rings. The second kappa shape index (κ2) is 10.0. The van der Waals surface area contributed by atoms with Crippen molar-refractivity contribution in [3.8, 4) is 11.3 Å². The average Bonchev–Trinajstić information content (AvgIpc) is 3.31. The van der Waals surface area contributed by atoms with Crippen LogP contribution in [0.1, 0.15) is 42.3 Å². The van der Waals surface area contributed by atoms with Crippen LogP contribution in [0, 0.1) is 0 Å². The largest absolute Gasteiger partial charge is 0.433 e. The molecule has 8 nitrogen and oxygen atoms in total. The van der Waals surface area contributed by atoms with Gasteiger partial charge in [0.2, 0.25) is 0 Å². The normalized spacial score (nSPS) is 16.8. The number of hydrogen-bond acceptors (Lipinski definition) is 7. The average molecular weight is 501 g/mol. The fraction of sp³-hybridized carbons (Fsp3) is 0.520. The van der Waals surface area contributed by atoms with Gasteiger partial charge in [0.1, 0.15) is 29.5 Å². The number of nitrogens with zero attached hydrogens (tertiary/aromatic N) is 7. The van der Waals surface area contributed by atoms with Gasteiger partial charge in [-0.05, 0) is 51.9 Å². The molecule has 0 saturated carbocycles. The summed E-state index contributed by atoms with van der Waals surface area (Å²) in [4.78, 5) is 21.8. The maximum absolute atomic E-state index is 13.2. The molecule has 0 spiro atoms. The highest BCUT2D eigenvalue weighted by Crippen LogP contribution is 2.35. The molecule has 3 aromatic heterocycles. The third-order valence-corrected chi connectivity index (χ3v) is 6.92. The minimum absolute atomic E-state index is 0.219. The lowest BCUT2D eigenvalue weighted by atomic mass is 9.95. The number of aromatic nitrogens is 5. The Kier molecular flexibility index (Phi) is 6.83. The van der Waals surface area contributed by atoms with Crippen LogP contribution >= 0.6 is 0 Å². The Balaban J connectivity index is 1.38. The third kappa shape index (κ3) is 5.16. The monoisotopic (exact) mass is 500 g/mol. The molecule has 1 saturated heterocycles. The van der Waals surface area contributed by atoms with Crippen LogP contribution in [0.3, 0.4) is 0 Å².